The van der Waals surface area contributed by atoms with Crippen molar-refractivity contribution in [2.45, 2.75) is 13.8 Å². The minimum absolute atomic E-state index is 0.0428. The number of aromatic nitrogens is 1. The number of ether oxygens (including phenoxy) is 1. The van der Waals surface area contributed by atoms with Gasteiger partial charge in [-0.25, -0.2) is 0 Å². The molecule has 1 N–H and O–H groups in total. The Bertz CT molecular complexity index is 354. The molecule has 0 aromatic carbocycles. The second-order valence-electron chi connectivity index (χ2n) is 2.94. The van der Waals surface area contributed by atoms with E-state index in [1.165, 1.54) is 12.3 Å². The predicted octanol–water partition coefficient (Wildman–Crippen LogP) is 0.936. The largest absolute Gasteiger partial charge is 0.420 e. The molecule has 1 heterocycles. The third kappa shape index (κ3) is 2.43. The van der Waals surface area contributed by atoms with Crippen molar-refractivity contribution in [3.8, 4) is 5.75 Å². The summed E-state index contributed by atoms with van der Waals surface area (Å²) in [5, 5.41) is 0. The zero-order valence-electron chi connectivity index (χ0n) is 7.53. The van der Waals surface area contributed by atoms with E-state index in [1.807, 2.05) is 0 Å². The molecular formula is C9H11NO3. The normalized spacial score (nSPS) is 10.1. The molecule has 0 aliphatic heterocycles. The molecule has 4 nitrogen and oxygen atoms in total. The van der Waals surface area contributed by atoms with Crippen molar-refractivity contribution in [3.63, 3.8) is 0 Å². The lowest BCUT2D eigenvalue weighted by molar-refractivity contribution is -0.137. The van der Waals surface area contributed by atoms with Crippen molar-refractivity contribution in [1.82, 2.24) is 4.98 Å². The number of pyridine rings is 1. The molecule has 0 aliphatic rings. The summed E-state index contributed by atoms with van der Waals surface area (Å²) in [5.41, 5.74) is -0.392. The second-order valence-corrected chi connectivity index (χ2v) is 2.94. The molecular weight excluding hydrogens is 170 g/mol. The van der Waals surface area contributed by atoms with Gasteiger partial charge in [0.05, 0.1) is 5.92 Å². The summed E-state index contributed by atoms with van der Waals surface area (Å²) < 4.78 is 4.82. The number of esters is 1. The van der Waals surface area contributed by atoms with E-state index in [0.29, 0.717) is 0 Å². The van der Waals surface area contributed by atoms with E-state index in [-0.39, 0.29) is 11.7 Å². The molecule has 1 rings (SSSR count). The SMILES string of the molecule is CC(C)C(=O)Oc1ccc[nH]c1=O. The quantitative estimate of drug-likeness (QED) is 0.690. The monoisotopic (exact) mass is 181 g/mol. The van der Waals surface area contributed by atoms with E-state index in [0.717, 1.165) is 0 Å². The van der Waals surface area contributed by atoms with E-state index < -0.39 is 11.5 Å². The van der Waals surface area contributed by atoms with Crippen molar-refractivity contribution in [2.75, 3.05) is 0 Å². The first-order valence-corrected chi connectivity index (χ1v) is 4.00. The lowest BCUT2D eigenvalue weighted by Crippen LogP contribution is -2.19. The van der Waals surface area contributed by atoms with Gasteiger partial charge in [-0.15, -0.1) is 0 Å². The second kappa shape index (κ2) is 3.89. The van der Waals surface area contributed by atoms with Gasteiger partial charge in [-0.3, -0.25) is 9.59 Å². The van der Waals surface area contributed by atoms with Crippen LogP contribution in [0.4, 0.5) is 0 Å². The Morgan fingerprint density at radius 2 is 2.23 bits per heavy atom. The zero-order chi connectivity index (χ0) is 9.84. The van der Waals surface area contributed by atoms with Gasteiger partial charge < -0.3 is 9.72 Å². The molecule has 1 aromatic heterocycles. The van der Waals surface area contributed by atoms with Crippen LogP contribution in [0.5, 0.6) is 5.75 Å². The summed E-state index contributed by atoms with van der Waals surface area (Å²) >= 11 is 0. The topological polar surface area (TPSA) is 59.2 Å². The third-order valence-corrected chi connectivity index (χ3v) is 1.46. The van der Waals surface area contributed by atoms with Crippen molar-refractivity contribution >= 4 is 5.97 Å². The lowest BCUT2D eigenvalue weighted by Gasteiger charge is -2.04. The molecule has 1 aromatic rings. The first kappa shape index (κ1) is 9.51. The van der Waals surface area contributed by atoms with Crippen molar-refractivity contribution in [2.24, 2.45) is 5.92 Å². The fourth-order valence-corrected chi connectivity index (χ4v) is 0.713. The van der Waals surface area contributed by atoms with Crippen LogP contribution in [0.1, 0.15) is 13.8 Å². The average molecular weight is 181 g/mol. The summed E-state index contributed by atoms with van der Waals surface area (Å²) in [4.78, 5) is 24.5. The minimum Gasteiger partial charge on any atom is -0.420 e. The van der Waals surface area contributed by atoms with Gasteiger partial charge in [-0.2, -0.15) is 0 Å². The molecule has 0 bridgehead atoms. The van der Waals surface area contributed by atoms with E-state index in [1.54, 1.807) is 19.9 Å². The van der Waals surface area contributed by atoms with Crippen LogP contribution in [0.15, 0.2) is 23.1 Å². The first-order chi connectivity index (χ1) is 6.11. The summed E-state index contributed by atoms with van der Waals surface area (Å²) in [7, 11) is 0. The molecule has 0 amide bonds. The molecule has 0 saturated carbocycles. The average Bonchev–Trinajstić information content (AvgIpc) is 2.08. The van der Waals surface area contributed by atoms with Gasteiger partial charge in [-0.1, -0.05) is 13.8 Å². The van der Waals surface area contributed by atoms with Gasteiger partial charge in [0.15, 0.2) is 5.75 Å². The number of nitrogens with one attached hydrogen (secondary N) is 1. The summed E-state index contributed by atoms with van der Waals surface area (Å²) in [5.74, 6) is -0.600. The maximum absolute atomic E-state index is 11.1. The van der Waals surface area contributed by atoms with Crippen molar-refractivity contribution < 1.29 is 9.53 Å². The fourth-order valence-electron chi connectivity index (χ4n) is 0.713. The third-order valence-electron chi connectivity index (χ3n) is 1.46. The van der Waals surface area contributed by atoms with E-state index in [2.05, 4.69) is 4.98 Å². The summed E-state index contributed by atoms with van der Waals surface area (Å²) in [6, 6.07) is 3.06. The molecule has 0 fully saturated rings. The molecule has 0 spiro atoms. The number of rotatable bonds is 2. The molecule has 0 atom stereocenters. The molecule has 0 unspecified atom stereocenters. The van der Waals surface area contributed by atoms with Gasteiger partial charge in [0.25, 0.3) is 5.56 Å². The molecule has 13 heavy (non-hydrogen) atoms. The van der Waals surface area contributed by atoms with Gasteiger partial charge in [0.1, 0.15) is 0 Å². The van der Waals surface area contributed by atoms with Crippen LogP contribution in [-0.4, -0.2) is 11.0 Å². The van der Waals surface area contributed by atoms with Crippen LogP contribution in [-0.2, 0) is 4.79 Å². The zero-order valence-corrected chi connectivity index (χ0v) is 7.53. The van der Waals surface area contributed by atoms with Gasteiger partial charge >= 0.3 is 5.97 Å². The van der Waals surface area contributed by atoms with Crippen LogP contribution in [0.3, 0.4) is 0 Å². The molecule has 0 radical (unpaired) electrons. The highest BCUT2D eigenvalue weighted by Gasteiger charge is 2.11. The number of aromatic amines is 1. The van der Waals surface area contributed by atoms with Crippen LogP contribution in [0.2, 0.25) is 0 Å². The van der Waals surface area contributed by atoms with Gasteiger partial charge in [0.2, 0.25) is 0 Å². The number of hydrogen-bond acceptors (Lipinski definition) is 3. The minimum atomic E-state index is -0.406. The Morgan fingerprint density at radius 1 is 1.54 bits per heavy atom. The van der Waals surface area contributed by atoms with Crippen LogP contribution in [0, 0.1) is 5.92 Å². The Kier molecular flexibility index (Phi) is 2.84. The molecule has 70 valence electrons. The van der Waals surface area contributed by atoms with Crippen molar-refractivity contribution in [3.05, 3.63) is 28.7 Å². The van der Waals surface area contributed by atoms with Crippen LogP contribution in [0.25, 0.3) is 0 Å². The van der Waals surface area contributed by atoms with Crippen molar-refractivity contribution in [1.29, 1.82) is 0 Å². The Hall–Kier alpha value is -1.58. The number of H-pyrrole nitrogens is 1. The molecule has 0 saturated heterocycles. The highest BCUT2D eigenvalue weighted by atomic mass is 16.5. The predicted molar refractivity (Wildman–Crippen MR) is 47.5 cm³/mol. The summed E-state index contributed by atoms with van der Waals surface area (Å²) in [6.45, 7) is 3.42. The Labute approximate surface area is 75.5 Å². The maximum atomic E-state index is 11.1. The molecule has 4 heteroatoms. The smallest absolute Gasteiger partial charge is 0.313 e. The summed E-state index contributed by atoms with van der Waals surface area (Å²) in [6.07, 6.45) is 1.48. The molecule has 0 aliphatic carbocycles. The van der Waals surface area contributed by atoms with Crippen LogP contribution < -0.4 is 10.3 Å². The van der Waals surface area contributed by atoms with Crippen LogP contribution >= 0.6 is 0 Å². The highest BCUT2D eigenvalue weighted by Crippen LogP contribution is 2.03. The van der Waals surface area contributed by atoms with E-state index in [4.69, 9.17) is 4.74 Å². The Morgan fingerprint density at radius 3 is 2.77 bits per heavy atom. The van der Waals surface area contributed by atoms with Gasteiger partial charge in [0, 0.05) is 6.20 Å². The standard InChI is InChI=1S/C9H11NO3/c1-6(2)9(12)13-7-4-3-5-10-8(7)11/h3-6H,1-2H3,(H,10,11). The number of hydrogen-bond donors (Lipinski definition) is 1. The van der Waals surface area contributed by atoms with E-state index >= 15 is 0 Å². The highest BCUT2D eigenvalue weighted by molar-refractivity contribution is 5.74. The lowest BCUT2D eigenvalue weighted by atomic mass is 10.2. The van der Waals surface area contributed by atoms with E-state index in [9.17, 15) is 9.59 Å². The number of carbonyl (C=O) groups excluding carboxylic acids is 1. The van der Waals surface area contributed by atoms with Gasteiger partial charge in [-0.05, 0) is 12.1 Å². The Balaban J connectivity index is 2.81. The first-order valence-electron chi connectivity index (χ1n) is 4.00. The fraction of sp³-hybridized carbons (Fsp3) is 0.333. The number of carbonyl (C=O) groups is 1. The maximum Gasteiger partial charge on any atom is 0.313 e.